The third-order valence-corrected chi connectivity index (χ3v) is 3.68. The Labute approximate surface area is 105 Å². The monoisotopic (exact) mass is 253 g/mol. The maximum absolute atomic E-state index is 13.2. The third-order valence-electron chi connectivity index (χ3n) is 3.68. The first kappa shape index (κ1) is 13.0. The molecule has 1 fully saturated rings. The van der Waals surface area contributed by atoms with Gasteiger partial charge in [0.15, 0.2) is 0 Å². The highest BCUT2D eigenvalue weighted by Crippen LogP contribution is 2.54. The number of carbonyl (C=O) groups excluding carboxylic acids is 1. The minimum atomic E-state index is -2.38. The number of alkyl halides is 2. The molecule has 1 aliphatic rings. The largest absolute Gasteiger partial charge is 0.366 e. The molecule has 18 heavy (non-hydrogen) atoms. The number of rotatable bonds is 5. The molecule has 1 saturated carbocycles. The summed E-state index contributed by atoms with van der Waals surface area (Å²) in [7, 11) is 0. The van der Waals surface area contributed by atoms with E-state index in [9.17, 15) is 13.6 Å². The molecule has 1 aromatic carbocycles. The molecule has 98 valence electrons. The summed E-state index contributed by atoms with van der Waals surface area (Å²) in [6.07, 6.45) is 0.0171. The van der Waals surface area contributed by atoms with Crippen molar-refractivity contribution in [1.29, 1.82) is 0 Å². The van der Waals surface area contributed by atoms with E-state index in [1.807, 2.05) is 6.92 Å². The summed E-state index contributed by atoms with van der Waals surface area (Å²) in [4.78, 5) is 11.4. The average Bonchev–Trinajstić information content (AvgIpc) is 3.10. The normalized spacial score (nSPS) is 16.9. The van der Waals surface area contributed by atoms with Crippen LogP contribution in [0.1, 0.15) is 47.7 Å². The SMILES string of the molecule is CCCc1c(C(N)=O)cccc1C1(C(F)F)CC1. The summed E-state index contributed by atoms with van der Waals surface area (Å²) in [5, 5.41) is 0. The maximum Gasteiger partial charge on any atom is 0.248 e. The molecule has 1 amide bonds. The molecular weight excluding hydrogens is 236 g/mol. The van der Waals surface area contributed by atoms with Gasteiger partial charge in [-0.15, -0.1) is 0 Å². The molecule has 0 unspecified atom stereocenters. The molecule has 1 aromatic rings. The van der Waals surface area contributed by atoms with Crippen LogP contribution in [-0.2, 0) is 11.8 Å². The fourth-order valence-corrected chi connectivity index (χ4v) is 2.54. The molecular formula is C14H17F2NO. The van der Waals surface area contributed by atoms with Crippen LogP contribution in [0, 0.1) is 0 Å². The van der Waals surface area contributed by atoms with E-state index >= 15 is 0 Å². The summed E-state index contributed by atoms with van der Waals surface area (Å²) >= 11 is 0. The molecule has 2 nitrogen and oxygen atoms in total. The van der Waals surface area contributed by atoms with Crippen LogP contribution in [-0.4, -0.2) is 12.3 Å². The van der Waals surface area contributed by atoms with E-state index < -0.39 is 17.7 Å². The lowest BCUT2D eigenvalue weighted by Gasteiger charge is -2.20. The lowest BCUT2D eigenvalue weighted by Crippen LogP contribution is -2.22. The smallest absolute Gasteiger partial charge is 0.248 e. The Bertz CT molecular complexity index is 467. The minimum absolute atomic E-state index is 0.390. The zero-order valence-corrected chi connectivity index (χ0v) is 10.4. The van der Waals surface area contributed by atoms with Gasteiger partial charge >= 0.3 is 0 Å². The van der Waals surface area contributed by atoms with Gasteiger partial charge in [0.2, 0.25) is 12.3 Å². The maximum atomic E-state index is 13.2. The van der Waals surface area contributed by atoms with Crippen molar-refractivity contribution in [3.63, 3.8) is 0 Å². The number of hydrogen-bond acceptors (Lipinski definition) is 1. The van der Waals surface area contributed by atoms with E-state index in [4.69, 9.17) is 5.73 Å². The minimum Gasteiger partial charge on any atom is -0.366 e. The fraction of sp³-hybridized carbons (Fsp3) is 0.500. The van der Waals surface area contributed by atoms with Crippen molar-refractivity contribution in [3.05, 3.63) is 34.9 Å². The van der Waals surface area contributed by atoms with Crippen molar-refractivity contribution in [2.75, 3.05) is 0 Å². The van der Waals surface area contributed by atoms with Crippen LogP contribution < -0.4 is 5.73 Å². The Morgan fingerprint density at radius 1 is 1.44 bits per heavy atom. The summed E-state index contributed by atoms with van der Waals surface area (Å²) in [5.74, 6) is -0.537. The van der Waals surface area contributed by atoms with E-state index in [2.05, 4.69) is 0 Å². The van der Waals surface area contributed by atoms with E-state index in [1.54, 1.807) is 18.2 Å². The van der Waals surface area contributed by atoms with Crippen LogP contribution in [0.3, 0.4) is 0 Å². The van der Waals surface area contributed by atoms with Crippen LogP contribution in [0.2, 0.25) is 0 Å². The summed E-state index contributed by atoms with van der Waals surface area (Å²) in [6.45, 7) is 1.96. The predicted molar refractivity (Wildman–Crippen MR) is 65.9 cm³/mol. The average molecular weight is 253 g/mol. The first-order valence-corrected chi connectivity index (χ1v) is 6.23. The number of hydrogen-bond donors (Lipinski definition) is 1. The Morgan fingerprint density at radius 2 is 2.11 bits per heavy atom. The lowest BCUT2D eigenvalue weighted by molar-refractivity contribution is 0.0983. The second kappa shape index (κ2) is 4.67. The Hall–Kier alpha value is -1.45. The molecule has 2 N–H and O–H groups in total. The molecule has 0 spiro atoms. The number of carbonyl (C=O) groups is 1. The van der Waals surface area contributed by atoms with Gasteiger partial charge in [0.05, 0.1) is 5.41 Å². The zero-order chi connectivity index (χ0) is 13.3. The van der Waals surface area contributed by atoms with Crippen LogP contribution >= 0.6 is 0 Å². The highest BCUT2D eigenvalue weighted by Gasteiger charge is 2.53. The molecule has 1 aliphatic carbocycles. The van der Waals surface area contributed by atoms with E-state index in [0.717, 1.165) is 6.42 Å². The Morgan fingerprint density at radius 3 is 2.56 bits per heavy atom. The highest BCUT2D eigenvalue weighted by atomic mass is 19.3. The number of primary amides is 1. The second-order valence-corrected chi connectivity index (χ2v) is 4.90. The zero-order valence-electron chi connectivity index (χ0n) is 10.4. The van der Waals surface area contributed by atoms with Gasteiger partial charge in [0.1, 0.15) is 0 Å². The quantitative estimate of drug-likeness (QED) is 0.861. The van der Waals surface area contributed by atoms with E-state index in [-0.39, 0.29) is 0 Å². The van der Waals surface area contributed by atoms with Crippen molar-refractivity contribution in [2.24, 2.45) is 5.73 Å². The van der Waals surface area contributed by atoms with Gasteiger partial charge in [-0.05, 0) is 36.5 Å². The topological polar surface area (TPSA) is 43.1 Å². The molecule has 4 heteroatoms. The van der Waals surface area contributed by atoms with E-state index in [0.29, 0.717) is 36.0 Å². The Kier molecular flexibility index (Phi) is 3.37. The summed E-state index contributed by atoms with van der Waals surface area (Å²) < 4.78 is 26.4. The van der Waals surface area contributed by atoms with Crippen molar-refractivity contribution in [1.82, 2.24) is 0 Å². The van der Waals surface area contributed by atoms with Gasteiger partial charge in [-0.2, -0.15) is 0 Å². The van der Waals surface area contributed by atoms with Crippen molar-refractivity contribution >= 4 is 5.91 Å². The van der Waals surface area contributed by atoms with Crippen molar-refractivity contribution in [2.45, 2.75) is 44.4 Å². The van der Waals surface area contributed by atoms with Gasteiger partial charge in [-0.1, -0.05) is 25.5 Å². The molecule has 0 atom stereocenters. The standard InChI is InChI=1S/C14H17F2NO/c1-2-4-9-10(12(17)18)5-3-6-11(9)14(7-8-14)13(15)16/h3,5-6,13H,2,4,7-8H2,1H3,(H2,17,18). The number of nitrogens with two attached hydrogens (primary N) is 1. The summed E-state index contributed by atoms with van der Waals surface area (Å²) in [6, 6.07) is 4.99. The van der Waals surface area contributed by atoms with Gasteiger partial charge in [-0.25, -0.2) is 8.78 Å². The Balaban J connectivity index is 2.53. The van der Waals surface area contributed by atoms with Crippen LogP contribution in [0.25, 0.3) is 0 Å². The lowest BCUT2D eigenvalue weighted by atomic mass is 9.86. The molecule has 0 saturated heterocycles. The number of benzene rings is 1. The number of halogens is 2. The molecule has 0 heterocycles. The second-order valence-electron chi connectivity index (χ2n) is 4.90. The van der Waals surface area contributed by atoms with Crippen LogP contribution in [0.15, 0.2) is 18.2 Å². The first-order valence-electron chi connectivity index (χ1n) is 6.23. The predicted octanol–water partition coefficient (Wildman–Crippen LogP) is 3.03. The van der Waals surface area contributed by atoms with Crippen LogP contribution in [0.5, 0.6) is 0 Å². The van der Waals surface area contributed by atoms with Gasteiger partial charge in [0, 0.05) is 5.56 Å². The first-order chi connectivity index (χ1) is 8.53. The molecule has 0 aromatic heterocycles. The van der Waals surface area contributed by atoms with Crippen LogP contribution in [0.4, 0.5) is 8.78 Å². The van der Waals surface area contributed by atoms with E-state index in [1.165, 1.54) is 0 Å². The molecule has 0 radical (unpaired) electrons. The van der Waals surface area contributed by atoms with Gasteiger partial charge in [0.25, 0.3) is 0 Å². The van der Waals surface area contributed by atoms with Gasteiger partial charge < -0.3 is 5.73 Å². The van der Waals surface area contributed by atoms with Crippen molar-refractivity contribution < 1.29 is 13.6 Å². The third kappa shape index (κ3) is 2.00. The number of amides is 1. The van der Waals surface area contributed by atoms with Crippen molar-refractivity contribution in [3.8, 4) is 0 Å². The fourth-order valence-electron chi connectivity index (χ4n) is 2.54. The molecule has 0 aliphatic heterocycles. The highest BCUT2D eigenvalue weighted by molar-refractivity contribution is 5.94. The summed E-state index contributed by atoms with van der Waals surface area (Å²) in [5.41, 5.74) is 6.02. The van der Waals surface area contributed by atoms with Gasteiger partial charge in [-0.3, -0.25) is 4.79 Å². The molecule has 0 bridgehead atoms. The molecule has 2 rings (SSSR count).